The number of benzene rings is 2. The predicted molar refractivity (Wildman–Crippen MR) is 106 cm³/mol. The first-order chi connectivity index (χ1) is 14.0. The van der Waals surface area contributed by atoms with Crippen LogP contribution >= 0.6 is 0 Å². The van der Waals surface area contributed by atoms with Gasteiger partial charge in [0, 0.05) is 11.1 Å². The minimum atomic E-state index is -0.771. The quantitative estimate of drug-likeness (QED) is 0.693. The van der Waals surface area contributed by atoms with Crippen LogP contribution in [0.25, 0.3) is 11.3 Å². The third-order valence-electron chi connectivity index (χ3n) is 4.86. The van der Waals surface area contributed by atoms with E-state index in [4.69, 9.17) is 4.74 Å². The van der Waals surface area contributed by atoms with Gasteiger partial charge in [-0.3, -0.25) is 9.59 Å². The van der Waals surface area contributed by atoms with Crippen molar-refractivity contribution < 1.29 is 18.7 Å². The van der Waals surface area contributed by atoms with Crippen LogP contribution in [0.4, 0.5) is 15.9 Å². The van der Waals surface area contributed by atoms with E-state index < -0.39 is 6.04 Å². The Morgan fingerprint density at radius 1 is 1.24 bits per heavy atom. The third kappa shape index (κ3) is 3.44. The Morgan fingerprint density at radius 3 is 2.69 bits per heavy atom. The second-order valence-corrected chi connectivity index (χ2v) is 6.73. The lowest BCUT2D eigenvalue weighted by Crippen LogP contribution is -2.24. The minimum Gasteiger partial charge on any atom is -0.495 e. The molecule has 1 aliphatic heterocycles. The monoisotopic (exact) mass is 394 g/mol. The van der Waals surface area contributed by atoms with E-state index >= 15 is 0 Å². The van der Waals surface area contributed by atoms with Crippen molar-refractivity contribution in [1.29, 1.82) is 0 Å². The maximum absolute atomic E-state index is 13.2. The largest absolute Gasteiger partial charge is 0.495 e. The summed E-state index contributed by atoms with van der Waals surface area (Å²) >= 11 is 0. The highest BCUT2D eigenvalue weighted by molar-refractivity contribution is 6.03. The average molecular weight is 394 g/mol. The zero-order valence-corrected chi connectivity index (χ0v) is 15.9. The first-order valence-corrected chi connectivity index (χ1v) is 9.06. The summed E-state index contributed by atoms with van der Waals surface area (Å²) in [6.07, 6.45) is -0.0825. The smallest absolute Gasteiger partial charge is 0.251 e. The molecular weight excluding hydrogens is 375 g/mol. The first kappa shape index (κ1) is 18.7. The van der Waals surface area contributed by atoms with Crippen LogP contribution in [-0.4, -0.2) is 28.7 Å². The SMILES string of the molecule is COc1ccccc1NC(=O)CC1C(=O)Nc2c(C)c(-c3ccc(F)cc3)nn21. The van der Waals surface area contributed by atoms with Crippen molar-refractivity contribution in [3.8, 4) is 17.0 Å². The molecule has 0 spiro atoms. The molecule has 0 radical (unpaired) electrons. The standard InChI is InChI=1S/C21H19FN4O3/c1-12-19(13-7-9-14(22)10-8-13)25-26-16(21(28)24-20(12)26)11-18(27)23-15-5-3-4-6-17(15)29-2/h3-10,16H,11H2,1-2H3,(H,23,27)(H,24,28). The number of carbonyl (C=O) groups is 2. The molecule has 3 aromatic rings. The highest BCUT2D eigenvalue weighted by atomic mass is 19.1. The number of nitrogens with one attached hydrogen (secondary N) is 2. The van der Waals surface area contributed by atoms with Gasteiger partial charge in [0.15, 0.2) is 0 Å². The van der Waals surface area contributed by atoms with Gasteiger partial charge in [0.1, 0.15) is 23.4 Å². The Hall–Kier alpha value is -3.68. The number of rotatable bonds is 5. The number of fused-ring (bicyclic) bond motifs is 1. The summed E-state index contributed by atoms with van der Waals surface area (Å²) in [5, 5.41) is 10.1. The molecule has 1 aromatic heterocycles. The molecule has 0 saturated carbocycles. The fourth-order valence-corrected chi connectivity index (χ4v) is 3.39. The van der Waals surface area contributed by atoms with E-state index in [1.165, 1.54) is 23.9 Å². The van der Waals surface area contributed by atoms with E-state index in [1.807, 2.05) is 6.92 Å². The number of hydrogen-bond acceptors (Lipinski definition) is 4. The second-order valence-electron chi connectivity index (χ2n) is 6.73. The number of halogens is 1. The molecule has 7 nitrogen and oxygen atoms in total. The summed E-state index contributed by atoms with van der Waals surface area (Å²) < 4.78 is 20.0. The second kappa shape index (κ2) is 7.38. The van der Waals surface area contributed by atoms with Crippen LogP contribution in [0.2, 0.25) is 0 Å². The van der Waals surface area contributed by atoms with Crippen molar-refractivity contribution in [3.05, 3.63) is 59.9 Å². The fraction of sp³-hybridized carbons (Fsp3) is 0.190. The average Bonchev–Trinajstić information content (AvgIpc) is 3.19. The van der Waals surface area contributed by atoms with E-state index in [9.17, 15) is 14.0 Å². The lowest BCUT2D eigenvalue weighted by atomic mass is 10.1. The molecule has 1 aliphatic rings. The van der Waals surface area contributed by atoms with Gasteiger partial charge < -0.3 is 15.4 Å². The zero-order chi connectivity index (χ0) is 20.5. The number of hydrogen-bond donors (Lipinski definition) is 2. The maximum Gasteiger partial charge on any atom is 0.251 e. The van der Waals surface area contributed by atoms with Crippen molar-refractivity contribution in [3.63, 3.8) is 0 Å². The topological polar surface area (TPSA) is 85.2 Å². The van der Waals surface area contributed by atoms with Crippen molar-refractivity contribution in [2.75, 3.05) is 17.7 Å². The number of ether oxygens (including phenoxy) is 1. The van der Waals surface area contributed by atoms with Crippen molar-refractivity contribution in [1.82, 2.24) is 9.78 Å². The van der Waals surface area contributed by atoms with E-state index in [0.29, 0.717) is 22.9 Å². The zero-order valence-electron chi connectivity index (χ0n) is 15.9. The van der Waals surface area contributed by atoms with E-state index in [-0.39, 0.29) is 24.1 Å². The van der Waals surface area contributed by atoms with Crippen molar-refractivity contribution >= 4 is 23.3 Å². The molecule has 2 aromatic carbocycles. The van der Waals surface area contributed by atoms with E-state index in [1.54, 1.807) is 36.4 Å². The number of aromatic nitrogens is 2. The van der Waals surface area contributed by atoms with Crippen LogP contribution in [-0.2, 0) is 9.59 Å². The van der Waals surface area contributed by atoms with E-state index in [0.717, 1.165) is 11.1 Å². The van der Waals surface area contributed by atoms with Crippen molar-refractivity contribution in [2.45, 2.75) is 19.4 Å². The van der Waals surface area contributed by atoms with Crippen LogP contribution < -0.4 is 15.4 Å². The number of carbonyl (C=O) groups excluding carboxylic acids is 2. The molecule has 1 unspecified atom stereocenters. The van der Waals surface area contributed by atoms with Gasteiger partial charge in [-0.25, -0.2) is 9.07 Å². The van der Waals surface area contributed by atoms with Gasteiger partial charge in [0.25, 0.3) is 5.91 Å². The Kier molecular flexibility index (Phi) is 4.75. The molecule has 4 rings (SSSR count). The minimum absolute atomic E-state index is 0.0825. The first-order valence-electron chi connectivity index (χ1n) is 9.06. The highest BCUT2D eigenvalue weighted by Crippen LogP contribution is 2.36. The number of anilines is 2. The molecule has 0 aliphatic carbocycles. The summed E-state index contributed by atoms with van der Waals surface area (Å²) in [4.78, 5) is 25.0. The molecule has 0 bridgehead atoms. The lowest BCUT2D eigenvalue weighted by molar-refractivity contribution is -0.123. The molecule has 2 amide bonds. The molecule has 0 fully saturated rings. The molecule has 8 heteroatoms. The van der Waals surface area contributed by atoms with Gasteiger partial charge in [0.2, 0.25) is 5.91 Å². The van der Waals surface area contributed by atoms with Crippen molar-refractivity contribution in [2.24, 2.45) is 0 Å². The summed E-state index contributed by atoms with van der Waals surface area (Å²) in [6, 6.07) is 12.2. The number of amides is 2. The normalized spacial score (nSPS) is 15.0. The number of methoxy groups -OCH3 is 1. The van der Waals surface area contributed by atoms with Crippen LogP contribution in [0.1, 0.15) is 18.0 Å². The third-order valence-corrected chi connectivity index (χ3v) is 4.86. The Morgan fingerprint density at radius 2 is 1.97 bits per heavy atom. The molecule has 1 atom stereocenters. The summed E-state index contributed by atoms with van der Waals surface area (Å²) in [7, 11) is 1.52. The molecule has 29 heavy (non-hydrogen) atoms. The van der Waals surface area contributed by atoms with Gasteiger partial charge in [-0.2, -0.15) is 5.10 Å². The van der Waals surface area contributed by atoms with E-state index in [2.05, 4.69) is 15.7 Å². The molecule has 2 heterocycles. The fourth-order valence-electron chi connectivity index (χ4n) is 3.39. The number of para-hydroxylation sites is 2. The predicted octanol–water partition coefficient (Wildman–Crippen LogP) is 3.53. The van der Waals surface area contributed by atoms with Gasteiger partial charge in [-0.15, -0.1) is 0 Å². The molecule has 0 saturated heterocycles. The highest BCUT2D eigenvalue weighted by Gasteiger charge is 2.36. The van der Waals surface area contributed by atoms with Crippen LogP contribution in [0.3, 0.4) is 0 Å². The van der Waals surface area contributed by atoms with Crippen LogP contribution in [0.15, 0.2) is 48.5 Å². The summed E-state index contributed by atoms with van der Waals surface area (Å²) in [5.74, 6) is 0.114. The van der Waals surface area contributed by atoms with Gasteiger partial charge in [-0.05, 0) is 43.3 Å². The summed E-state index contributed by atoms with van der Waals surface area (Å²) in [5.41, 5.74) is 2.66. The molecule has 2 N–H and O–H groups in total. The Balaban J connectivity index is 1.57. The molecule has 148 valence electrons. The van der Waals surface area contributed by atoms with Crippen LogP contribution in [0.5, 0.6) is 5.75 Å². The Bertz CT molecular complexity index is 1090. The van der Waals surface area contributed by atoms with Gasteiger partial charge in [-0.1, -0.05) is 12.1 Å². The maximum atomic E-state index is 13.2. The summed E-state index contributed by atoms with van der Waals surface area (Å²) in [6.45, 7) is 1.83. The lowest BCUT2D eigenvalue weighted by Gasteiger charge is -2.12. The van der Waals surface area contributed by atoms with Gasteiger partial charge >= 0.3 is 0 Å². The number of nitrogens with zero attached hydrogens (tertiary/aromatic N) is 2. The van der Waals surface area contributed by atoms with Crippen LogP contribution in [0, 0.1) is 12.7 Å². The molecular formula is C21H19FN4O3. The Labute approximate surface area is 166 Å². The van der Waals surface area contributed by atoms with Gasteiger partial charge in [0.05, 0.1) is 24.9 Å².